The van der Waals surface area contributed by atoms with E-state index in [9.17, 15) is 29.1 Å². The molecule has 0 aliphatic heterocycles. The van der Waals surface area contributed by atoms with Crippen LogP contribution in [0, 0.1) is 0 Å². The molecule has 14 heteroatoms. The monoisotopic (exact) mass is 465 g/mol. The molecule has 0 aromatic carbocycles. The first-order valence-electron chi connectivity index (χ1n) is 9.40. The van der Waals surface area contributed by atoms with Gasteiger partial charge in [-0.15, -0.1) is 0 Å². The number of nitrogens with one attached hydrogen (secondary N) is 3. The molecule has 5 atom stereocenters. The lowest BCUT2D eigenvalue weighted by Gasteiger charge is -2.25. The van der Waals surface area contributed by atoms with Crippen LogP contribution in [0.2, 0.25) is 0 Å². The van der Waals surface area contributed by atoms with E-state index in [4.69, 9.17) is 21.7 Å². The van der Waals surface area contributed by atoms with Gasteiger partial charge in [-0.2, -0.15) is 11.8 Å². The summed E-state index contributed by atoms with van der Waals surface area (Å²) in [6.07, 6.45) is 0.240. The van der Waals surface area contributed by atoms with Crippen LogP contribution >= 0.6 is 11.8 Å². The van der Waals surface area contributed by atoms with Gasteiger partial charge in [-0.3, -0.25) is 19.2 Å². The summed E-state index contributed by atoms with van der Waals surface area (Å²) in [6, 6.07) is -5.36. The number of nitrogens with two attached hydrogens (primary N) is 2. The van der Waals surface area contributed by atoms with Crippen molar-refractivity contribution in [3.8, 4) is 0 Å². The lowest BCUT2D eigenvalue weighted by molar-refractivity contribution is -0.143. The van der Waals surface area contributed by atoms with Gasteiger partial charge in [0.25, 0.3) is 0 Å². The number of primary amides is 1. The van der Waals surface area contributed by atoms with Crippen LogP contribution in [0.4, 0.5) is 0 Å². The second-order valence-electron chi connectivity index (χ2n) is 6.76. The maximum atomic E-state index is 12.7. The lowest BCUT2D eigenvalue weighted by atomic mass is 10.1. The topological polar surface area (TPSA) is 234 Å². The molecular formula is C17H31N5O8S. The standard InChI is InChI=1S/C17H31N5O8S/c1-8(24)13(19)16(28)21-9(3-4-12(18)25)14(26)20-10(5-6-31-2)15(27)22-11(7-23)17(29)30/h8-11,13,23-24H,3-7,19H2,1-2H3,(H2,18,25)(H,20,26)(H,21,28)(H,22,27)(H,29,30). The second-order valence-corrected chi connectivity index (χ2v) is 7.74. The lowest BCUT2D eigenvalue weighted by Crippen LogP contribution is -2.58. The summed E-state index contributed by atoms with van der Waals surface area (Å²) in [4.78, 5) is 59.4. The Balaban J connectivity index is 5.43. The Morgan fingerprint density at radius 2 is 1.42 bits per heavy atom. The summed E-state index contributed by atoms with van der Waals surface area (Å²) in [7, 11) is 0. The van der Waals surface area contributed by atoms with Crippen molar-refractivity contribution < 1.29 is 39.3 Å². The van der Waals surface area contributed by atoms with E-state index in [1.807, 2.05) is 0 Å². The maximum Gasteiger partial charge on any atom is 0.328 e. The van der Waals surface area contributed by atoms with E-state index in [1.165, 1.54) is 18.7 Å². The molecule has 0 fully saturated rings. The van der Waals surface area contributed by atoms with Crippen LogP contribution in [0.5, 0.6) is 0 Å². The first-order valence-corrected chi connectivity index (χ1v) is 10.8. The number of carbonyl (C=O) groups is 5. The Morgan fingerprint density at radius 1 is 0.935 bits per heavy atom. The van der Waals surface area contributed by atoms with Crippen LogP contribution in [0.15, 0.2) is 0 Å². The minimum absolute atomic E-state index is 0.125. The number of hydrogen-bond acceptors (Lipinski definition) is 9. The molecule has 0 rings (SSSR count). The van der Waals surface area contributed by atoms with E-state index in [1.54, 1.807) is 6.26 Å². The molecule has 0 radical (unpaired) electrons. The number of rotatable bonds is 15. The van der Waals surface area contributed by atoms with Crippen molar-refractivity contribution in [1.82, 2.24) is 16.0 Å². The summed E-state index contributed by atoms with van der Waals surface area (Å²) >= 11 is 1.37. The smallest absolute Gasteiger partial charge is 0.328 e. The zero-order valence-electron chi connectivity index (χ0n) is 17.4. The molecule has 31 heavy (non-hydrogen) atoms. The molecule has 0 saturated heterocycles. The van der Waals surface area contributed by atoms with Gasteiger partial charge in [-0.25, -0.2) is 4.79 Å². The van der Waals surface area contributed by atoms with Crippen molar-refractivity contribution >= 4 is 41.4 Å². The SMILES string of the molecule is CSCCC(NC(=O)C(CCC(N)=O)NC(=O)C(N)C(C)O)C(=O)NC(CO)C(=O)O. The molecule has 0 aromatic rings. The molecule has 0 spiro atoms. The number of amides is 4. The number of aliphatic carboxylic acids is 1. The van der Waals surface area contributed by atoms with Crippen molar-refractivity contribution in [2.24, 2.45) is 11.5 Å². The molecule has 0 aliphatic carbocycles. The Hall–Kier alpha value is -2.42. The molecule has 0 saturated carbocycles. The summed E-state index contributed by atoms with van der Waals surface area (Å²) in [5.74, 6) is -4.27. The van der Waals surface area contributed by atoms with Crippen molar-refractivity contribution in [3.05, 3.63) is 0 Å². The third kappa shape index (κ3) is 11.0. The highest BCUT2D eigenvalue weighted by Crippen LogP contribution is 2.05. The van der Waals surface area contributed by atoms with Crippen LogP contribution in [0.1, 0.15) is 26.2 Å². The highest BCUT2D eigenvalue weighted by molar-refractivity contribution is 7.98. The molecule has 4 amide bonds. The third-order valence-corrected chi connectivity index (χ3v) is 4.82. The number of carboxylic acid groups (broad SMARTS) is 1. The molecule has 0 aliphatic rings. The summed E-state index contributed by atoms with van der Waals surface area (Å²) < 4.78 is 0. The largest absolute Gasteiger partial charge is 0.480 e. The van der Waals surface area contributed by atoms with Crippen LogP contribution < -0.4 is 27.4 Å². The Labute approximate surface area is 183 Å². The molecule has 0 heterocycles. The van der Waals surface area contributed by atoms with Gasteiger partial charge < -0.3 is 42.7 Å². The third-order valence-electron chi connectivity index (χ3n) is 4.18. The Bertz CT molecular complexity index is 648. The van der Waals surface area contributed by atoms with E-state index >= 15 is 0 Å². The minimum Gasteiger partial charge on any atom is -0.480 e. The van der Waals surface area contributed by atoms with Crippen molar-refractivity contribution in [2.75, 3.05) is 18.6 Å². The number of aliphatic hydroxyl groups excluding tert-OH is 2. The fraction of sp³-hybridized carbons (Fsp3) is 0.706. The highest BCUT2D eigenvalue weighted by atomic mass is 32.2. The second kappa shape index (κ2) is 14.6. The molecule has 5 unspecified atom stereocenters. The maximum absolute atomic E-state index is 12.7. The average molecular weight is 466 g/mol. The van der Waals surface area contributed by atoms with E-state index in [2.05, 4.69) is 16.0 Å². The number of thioether (sulfide) groups is 1. The molecule has 178 valence electrons. The zero-order chi connectivity index (χ0) is 24.1. The number of carbonyl (C=O) groups excluding carboxylic acids is 4. The Kier molecular flexibility index (Phi) is 13.4. The quantitative estimate of drug-likeness (QED) is 0.118. The predicted molar refractivity (Wildman–Crippen MR) is 112 cm³/mol. The van der Waals surface area contributed by atoms with Gasteiger partial charge >= 0.3 is 5.97 Å². The van der Waals surface area contributed by atoms with Gasteiger partial charge in [0, 0.05) is 6.42 Å². The van der Waals surface area contributed by atoms with E-state index in [-0.39, 0.29) is 19.3 Å². The summed E-state index contributed by atoms with van der Waals surface area (Å²) in [5.41, 5.74) is 10.6. The Morgan fingerprint density at radius 3 is 1.84 bits per heavy atom. The van der Waals surface area contributed by atoms with Crippen molar-refractivity contribution in [3.63, 3.8) is 0 Å². The molecule has 0 aromatic heterocycles. The van der Waals surface area contributed by atoms with Gasteiger partial charge in [0.2, 0.25) is 23.6 Å². The molecule has 0 bridgehead atoms. The van der Waals surface area contributed by atoms with Crippen LogP contribution in [0.25, 0.3) is 0 Å². The normalized spacial score (nSPS) is 15.6. The van der Waals surface area contributed by atoms with E-state index in [0.717, 1.165) is 0 Å². The number of aliphatic hydroxyl groups is 2. The highest BCUT2D eigenvalue weighted by Gasteiger charge is 2.30. The zero-order valence-corrected chi connectivity index (χ0v) is 18.2. The summed E-state index contributed by atoms with van der Waals surface area (Å²) in [6.45, 7) is 0.435. The summed E-state index contributed by atoms with van der Waals surface area (Å²) in [5, 5.41) is 34.3. The van der Waals surface area contributed by atoms with Crippen molar-refractivity contribution in [1.29, 1.82) is 0 Å². The fourth-order valence-corrected chi connectivity index (χ4v) is 2.75. The first kappa shape index (κ1) is 28.6. The van der Waals surface area contributed by atoms with Crippen LogP contribution in [-0.2, 0) is 24.0 Å². The van der Waals surface area contributed by atoms with Crippen LogP contribution in [0.3, 0.4) is 0 Å². The molecular weight excluding hydrogens is 434 g/mol. The van der Waals surface area contributed by atoms with Gasteiger partial charge in [0.05, 0.1) is 12.7 Å². The number of carboxylic acids is 1. The van der Waals surface area contributed by atoms with Gasteiger partial charge in [-0.1, -0.05) is 0 Å². The van der Waals surface area contributed by atoms with Gasteiger partial charge in [0.15, 0.2) is 0 Å². The fourth-order valence-electron chi connectivity index (χ4n) is 2.28. The minimum atomic E-state index is -1.56. The predicted octanol–water partition coefficient (Wildman–Crippen LogP) is -3.76. The first-order chi connectivity index (χ1) is 14.4. The van der Waals surface area contributed by atoms with E-state index in [0.29, 0.717) is 5.75 Å². The van der Waals surface area contributed by atoms with Crippen LogP contribution in [-0.4, -0.2) is 93.8 Å². The van der Waals surface area contributed by atoms with E-state index < -0.39 is 66.5 Å². The van der Waals surface area contributed by atoms with Gasteiger partial charge in [-0.05, 0) is 31.8 Å². The average Bonchev–Trinajstić information content (AvgIpc) is 2.70. The molecule has 10 N–H and O–H groups in total. The van der Waals surface area contributed by atoms with Gasteiger partial charge in [0.1, 0.15) is 24.2 Å². The molecule has 13 nitrogen and oxygen atoms in total. The van der Waals surface area contributed by atoms with Crippen molar-refractivity contribution in [2.45, 2.75) is 56.5 Å². The number of hydrogen-bond donors (Lipinski definition) is 8.